The van der Waals surface area contributed by atoms with E-state index in [1.807, 2.05) is 0 Å². The highest BCUT2D eigenvalue weighted by Crippen LogP contribution is 2.32. The molecule has 0 aliphatic rings. The van der Waals surface area contributed by atoms with E-state index in [4.69, 9.17) is 11.6 Å². The zero-order valence-corrected chi connectivity index (χ0v) is 12.0. The molecule has 1 atom stereocenters. The van der Waals surface area contributed by atoms with Gasteiger partial charge in [-0.3, -0.25) is 14.9 Å². The van der Waals surface area contributed by atoms with Crippen LogP contribution in [0.2, 0.25) is 5.02 Å². The van der Waals surface area contributed by atoms with Gasteiger partial charge in [0, 0.05) is 25.7 Å². The summed E-state index contributed by atoms with van der Waals surface area (Å²) in [5.74, 6) is -1.72. The fraction of sp³-hybridized carbons (Fsp3) is 0.417. The van der Waals surface area contributed by atoms with E-state index in [1.54, 1.807) is 6.92 Å². The van der Waals surface area contributed by atoms with E-state index in [2.05, 4.69) is 4.74 Å². The Labute approximate surface area is 120 Å². The van der Waals surface area contributed by atoms with E-state index in [9.17, 15) is 19.3 Å². The summed E-state index contributed by atoms with van der Waals surface area (Å²) in [7, 11) is 2.78. The van der Waals surface area contributed by atoms with Crippen LogP contribution in [0, 0.1) is 21.8 Å². The molecule has 0 radical (unpaired) electrons. The summed E-state index contributed by atoms with van der Waals surface area (Å²) >= 11 is 5.54. The van der Waals surface area contributed by atoms with E-state index in [0.29, 0.717) is 0 Å². The molecule has 0 aliphatic carbocycles. The van der Waals surface area contributed by atoms with Gasteiger partial charge in [-0.25, -0.2) is 4.39 Å². The fourth-order valence-corrected chi connectivity index (χ4v) is 1.92. The number of methoxy groups -OCH3 is 1. The van der Waals surface area contributed by atoms with Crippen LogP contribution in [0.25, 0.3) is 0 Å². The minimum absolute atomic E-state index is 0.0488. The molecule has 0 aliphatic heterocycles. The number of benzene rings is 1. The topological polar surface area (TPSA) is 72.7 Å². The minimum Gasteiger partial charge on any atom is -0.469 e. The van der Waals surface area contributed by atoms with E-state index in [-0.39, 0.29) is 22.9 Å². The summed E-state index contributed by atoms with van der Waals surface area (Å²) in [6, 6.07) is 1.93. The third kappa shape index (κ3) is 3.57. The van der Waals surface area contributed by atoms with Crippen molar-refractivity contribution >= 4 is 28.9 Å². The Bertz CT molecular complexity index is 538. The van der Waals surface area contributed by atoms with Gasteiger partial charge in [-0.1, -0.05) is 18.5 Å². The number of nitrogens with zero attached hydrogens (tertiary/aromatic N) is 2. The Morgan fingerprint density at radius 2 is 2.20 bits per heavy atom. The largest absolute Gasteiger partial charge is 0.469 e. The van der Waals surface area contributed by atoms with E-state index in [0.717, 1.165) is 12.1 Å². The average Bonchev–Trinajstić information content (AvgIpc) is 2.39. The molecule has 1 aromatic carbocycles. The van der Waals surface area contributed by atoms with Crippen molar-refractivity contribution in [2.45, 2.75) is 6.92 Å². The Morgan fingerprint density at radius 1 is 1.60 bits per heavy atom. The number of carbonyl (C=O) groups is 1. The molecule has 0 fully saturated rings. The first-order chi connectivity index (χ1) is 9.27. The van der Waals surface area contributed by atoms with Gasteiger partial charge in [0.25, 0.3) is 5.69 Å². The highest BCUT2D eigenvalue weighted by Gasteiger charge is 2.23. The number of carbonyl (C=O) groups excluding carboxylic acids is 1. The van der Waals surface area contributed by atoms with Crippen LogP contribution in [0.1, 0.15) is 6.92 Å². The standard InChI is InChI=1S/C12H14ClFN2O4/c1-7(12(17)20-3)6-15(2)10-5-9(14)8(13)4-11(10)16(18)19/h4-5,7H,6H2,1-3H3. The van der Waals surface area contributed by atoms with Crippen LogP contribution in [-0.2, 0) is 9.53 Å². The molecule has 1 unspecified atom stereocenters. The van der Waals surface area contributed by atoms with Crippen LogP contribution in [0.3, 0.4) is 0 Å². The molecule has 8 heteroatoms. The van der Waals surface area contributed by atoms with Gasteiger partial charge in [0.1, 0.15) is 11.5 Å². The lowest BCUT2D eigenvalue weighted by molar-refractivity contribution is -0.384. The highest BCUT2D eigenvalue weighted by atomic mass is 35.5. The quantitative estimate of drug-likeness (QED) is 0.475. The fourth-order valence-electron chi connectivity index (χ4n) is 1.76. The molecular formula is C12H14ClFN2O4. The maximum atomic E-state index is 13.5. The Balaban J connectivity index is 3.08. The van der Waals surface area contributed by atoms with Crippen LogP contribution in [-0.4, -0.2) is 31.6 Å². The number of rotatable bonds is 5. The number of anilines is 1. The van der Waals surface area contributed by atoms with Crippen LogP contribution >= 0.6 is 11.6 Å². The molecule has 0 spiro atoms. The monoisotopic (exact) mass is 304 g/mol. The van der Waals surface area contributed by atoms with Gasteiger partial charge in [-0.15, -0.1) is 0 Å². The lowest BCUT2D eigenvalue weighted by Crippen LogP contribution is -2.29. The molecule has 1 aromatic rings. The number of hydrogen-bond donors (Lipinski definition) is 0. The summed E-state index contributed by atoms with van der Waals surface area (Å²) in [5.41, 5.74) is -0.274. The van der Waals surface area contributed by atoms with Gasteiger partial charge in [0.15, 0.2) is 0 Å². The molecule has 0 amide bonds. The maximum Gasteiger partial charge on any atom is 0.310 e. The highest BCUT2D eigenvalue weighted by molar-refractivity contribution is 6.31. The van der Waals surface area contributed by atoms with Crippen LogP contribution in [0.4, 0.5) is 15.8 Å². The van der Waals surface area contributed by atoms with E-state index >= 15 is 0 Å². The summed E-state index contributed by atoms with van der Waals surface area (Å²) in [6.07, 6.45) is 0. The zero-order valence-electron chi connectivity index (χ0n) is 11.2. The third-order valence-corrected chi connectivity index (χ3v) is 3.07. The number of esters is 1. The number of nitro groups is 1. The lowest BCUT2D eigenvalue weighted by atomic mass is 10.1. The van der Waals surface area contributed by atoms with Crippen molar-refractivity contribution in [2.24, 2.45) is 5.92 Å². The van der Waals surface area contributed by atoms with Gasteiger partial charge in [0.05, 0.1) is 23.0 Å². The van der Waals surface area contributed by atoms with Crippen LogP contribution in [0.5, 0.6) is 0 Å². The second-order valence-corrected chi connectivity index (χ2v) is 4.72. The van der Waals surface area contributed by atoms with E-state index in [1.165, 1.54) is 19.1 Å². The van der Waals surface area contributed by atoms with Crippen molar-refractivity contribution in [3.8, 4) is 0 Å². The van der Waals surface area contributed by atoms with Gasteiger partial charge in [-0.05, 0) is 0 Å². The van der Waals surface area contributed by atoms with Crippen molar-refractivity contribution < 1.29 is 18.8 Å². The zero-order chi connectivity index (χ0) is 15.4. The molecule has 1 rings (SSSR count). The van der Waals surface area contributed by atoms with Crippen molar-refractivity contribution in [3.05, 3.63) is 33.1 Å². The smallest absolute Gasteiger partial charge is 0.310 e. The van der Waals surface area contributed by atoms with Gasteiger partial charge in [-0.2, -0.15) is 0 Å². The van der Waals surface area contributed by atoms with Gasteiger partial charge >= 0.3 is 5.97 Å². The van der Waals surface area contributed by atoms with Crippen LogP contribution in [0.15, 0.2) is 12.1 Å². The molecule has 20 heavy (non-hydrogen) atoms. The van der Waals surface area contributed by atoms with Crippen LogP contribution < -0.4 is 4.90 Å². The number of nitro benzene ring substituents is 1. The Morgan fingerprint density at radius 3 is 2.70 bits per heavy atom. The molecule has 0 saturated heterocycles. The van der Waals surface area contributed by atoms with Gasteiger partial charge in [0.2, 0.25) is 0 Å². The molecule has 110 valence electrons. The number of ether oxygens (including phenoxy) is 1. The van der Waals surface area contributed by atoms with Crippen molar-refractivity contribution in [1.29, 1.82) is 0 Å². The third-order valence-electron chi connectivity index (χ3n) is 2.78. The molecule has 6 nitrogen and oxygen atoms in total. The molecule has 0 aromatic heterocycles. The lowest BCUT2D eigenvalue weighted by Gasteiger charge is -2.22. The molecule has 0 bridgehead atoms. The summed E-state index contributed by atoms with van der Waals surface area (Å²) in [4.78, 5) is 23.1. The van der Waals surface area contributed by atoms with Crippen molar-refractivity contribution in [3.63, 3.8) is 0 Å². The number of halogens is 2. The second-order valence-electron chi connectivity index (χ2n) is 4.32. The summed E-state index contributed by atoms with van der Waals surface area (Å²) < 4.78 is 18.0. The summed E-state index contributed by atoms with van der Waals surface area (Å²) in [6.45, 7) is 1.76. The second kappa shape index (κ2) is 6.51. The first kappa shape index (κ1) is 16.2. The Kier molecular flexibility index (Phi) is 5.26. The summed E-state index contributed by atoms with van der Waals surface area (Å²) in [5, 5.41) is 10.6. The minimum atomic E-state index is -0.759. The average molecular weight is 305 g/mol. The molecule has 0 saturated carbocycles. The first-order valence-electron chi connectivity index (χ1n) is 5.70. The Hall–Kier alpha value is -1.89. The number of hydrogen-bond acceptors (Lipinski definition) is 5. The predicted molar refractivity (Wildman–Crippen MR) is 72.5 cm³/mol. The normalized spacial score (nSPS) is 11.8. The van der Waals surface area contributed by atoms with E-state index < -0.39 is 22.6 Å². The van der Waals surface area contributed by atoms with Crippen molar-refractivity contribution in [2.75, 3.05) is 25.6 Å². The SMILES string of the molecule is COC(=O)C(C)CN(C)c1cc(F)c(Cl)cc1[N+](=O)[O-]. The van der Waals surface area contributed by atoms with Gasteiger partial charge < -0.3 is 9.64 Å². The maximum absolute atomic E-state index is 13.5. The first-order valence-corrected chi connectivity index (χ1v) is 6.08. The molecule has 0 heterocycles. The molecule has 0 N–H and O–H groups in total. The predicted octanol–water partition coefficient (Wildman–Crippen LogP) is 2.63. The van der Waals surface area contributed by atoms with Crippen molar-refractivity contribution in [1.82, 2.24) is 0 Å². The molecular weight excluding hydrogens is 291 g/mol.